The quantitative estimate of drug-likeness (QED) is 0.609. The number of carboxylic acid groups (broad SMARTS) is 1. The van der Waals surface area contributed by atoms with Gasteiger partial charge in [-0.25, -0.2) is 4.79 Å². The van der Waals surface area contributed by atoms with Crippen LogP contribution in [-0.2, 0) is 6.54 Å². The summed E-state index contributed by atoms with van der Waals surface area (Å²) in [5.41, 5.74) is 4.27. The molecule has 6 heteroatoms. The van der Waals surface area contributed by atoms with E-state index in [4.69, 9.17) is 4.74 Å². The van der Waals surface area contributed by atoms with Crippen LogP contribution in [-0.4, -0.2) is 36.3 Å². The molecule has 4 rings (SSSR count). The first-order valence-corrected chi connectivity index (χ1v) is 10.0. The third-order valence-electron chi connectivity index (χ3n) is 5.45. The monoisotopic (exact) mass is 403 g/mol. The van der Waals surface area contributed by atoms with E-state index in [0.29, 0.717) is 18.8 Å². The number of hydrogen-bond acceptors (Lipinski definition) is 5. The lowest BCUT2D eigenvalue weighted by Crippen LogP contribution is -2.22. The number of benzene rings is 2. The van der Waals surface area contributed by atoms with Gasteiger partial charge in [-0.2, -0.15) is 0 Å². The predicted molar refractivity (Wildman–Crippen MR) is 118 cm³/mol. The molecule has 0 fully saturated rings. The van der Waals surface area contributed by atoms with Crippen LogP contribution in [0.5, 0.6) is 5.75 Å². The van der Waals surface area contributed by atoms with Crippen LogP contribution in [0.2, 0.25) is 0 Å². The first-order valence-electron chi connectivity index (χ1n) is 10.0. The van der Waals surface area contributed by atoms with Gasteiger partial charge in [0.05, 0.1) is 24.1 Å². The Bertz CT molecular complexity index is 1020. The van der Waals surface area contributed by atoms with E-state index >= 15 is 0 Å². The summed E-state index contributed by atoms with van der Waals surface area (Å²) in [4.78, 5) is 17.7. The highest BCUT2D eigenvalue weighted by Gasteiger charge is 2.23. The molecule has 1 aromatic heterocycles. The summed E-state index contributed by atoms with van der Waals surface area (Å²) in [6, 6.07) is 18.2. The van der Waals surface area contributed by atoms with Crippen molar-refractivity contribution in [1.29, 1.82) is 0 Å². The van der Waals surface area contributed by atoms with Crippen molar-refractivity contribution in [1.82, 2.24) is 4.98 Å². The highest BCUT2D eigenvalue weighted by molar-refractivity contribution is 5.93. The zero-order valence-electron chi connectivity index (χ0n) is 16.9. The van der Waals surface area contributed by atoms with E-state index in [1.165, 1.54) is 17.8 Å². The summed E-state index contributed by atoms with van der Waals surface area (Å²) in [7, 11) is 2.08. The fraction of sp³-hybridized carbons (Fsp3) is 0.250. The maximum Gasteiger partial charge on any atom is 0.337 e. The number of nitrogens with one attached hydrogen (secondary N) is 1. The fourth-order valence-corrected chi connectivity index (χ4v) is 3.80. The molecule has 154 valence electrons. The summed E-state index contributed by atoms with van der Waals surface area (Å²) in [5.74, 6) is 0.178. The molecular weight excluding hydrogens is 378 g/mol. The Morgan fingerprint density at radius 1 is 1.23 bits per heavy atom. The third kappa shape index (κ3) is 4.38. The Hall–Kier alpha value is -3.54. The smallest absolute Gasteiger partial charge is 0.337 e. The molecule has 2 aromatic carbocycles. The second-order valence-electron chi connectivity index (χ2n) is 7.51. The summed E-state index contributed by atoms with van der Waals surface area (Å²) >= 11 is 0. The number of aromatic nitrogens is 1. The molecule has 1 atom stereocenters. The van der Waals surface area contributed by atoms with E-state index in [1.807, 2.05) is 6.07 Å². The van der Waals surface area contributed by atoms with Gasteiger partial charge in [-0.3, -0.25) is 4.98 Å². The van der Waals surface area contributed by atoms with Gasteiger partial charge in [0.15, 0.2) is 0 Å². The number of ether oxygens (including phenoxy) is 1. The second-order valence-corrected chi connectivity index (χ2v) is 7.51. The Kier molecular flexibility index (Phi) is 5.84. The van der Waals surface area contributed by atoms with Crippen molar-refractivity contribution in [2.45, 2.75) is 18.9 Å². The molecule has 2 N–H and O–H groups in total. The lowest BCUT2D eigenvalue weighted by Gasteiger charge is -2.28. The molecule has 0 unspecified atom stereocenters. The van der Waals surface area contributed by atoms with Crippen molar-refractivity contribution in [2.75, 3.05) is 30.4 Å². The zero-order valence-corrected chi connectivity index (χ0v) is 16.9. The van der Waals surface area contributed by atoms with Crippen LogP contribution in [0.3, 0.4) is 0 Å². The summed E-state index contributed by atoms with van der Waals surface area (Å²) in [5, 5.41) is 12.6. The summed E-state index contributed by atoms with van der Waals surface area (Å²) in [6.45, 7) is 2.09. The molecule has 0 bridgehead atoms. The highest BCUT2D eigenvalue weighted by atomic mass is 16.5. The standard InChI is InChI=1S/C24H25N3O3/c1-27(16-17-5-3-2-4-6-17)19-7-8-20-18(10-12-30-23(20)13-19)14-26-22-15-25-11-9-21(22)24(28)29/h2-9,11,13,15,18,26H,10,12,14,16H2,1H3,(H,28,29)/t18-/m0/s1. The molecule has 0 amide bonds. The van der Waals surface area contributed by atoms with Crippen LogP contribution in [0.4, 0.5) is 11.4 Å². The van der Waals surface area contributed by atoms with Crippen molar-refractivity contribution < 1.29 is 14.6 Å². The largest absolute Gasteiger partial charge is 0.493 e. The van der Waals surface area contributed by atoms with E-state index in [9.17, 15) is 9.90 Å². The third-order valence-corrected chi connectivity index (χ3v) is 5.45. The predicted octanol–water partition coefficient (Wildman–Crippen LogP) is 4.39. The van der Waals surface area contributed by atoms with Gasteiger partial charge in [-0.05, 0) is 29.7 Å². The van der Waals surface area contributed by atoms with E-state index in [0.717, 1.165) is 30.0 Å². The number of anilines is 2. The van der Waals surface area contributed by atoms with Crippen LogP contribution in [0.25, 0.3) is 0 Å². The number of rotatable bonds is 7. The molecule has 30 heavy (non-hydrogen) atoms. The fourth-order valence-electron chi connectivity index (χ4n) is 3.80. The Labute approximate surface area is 176 Å². The van der Waals surface area contributed by atoms with Crippen molar-refractivity contribution in [3.05, 3.63) is 83.7 Å². The SMILES string of the molecule is CN(Cc1ccccc1)c1ccc2c(c1)OCC[C@H]2CNc1cnccc1C(=O)O. The van der Waals surface area contributed by atoms with Crippen LogP contribution >= 0.6 is 0 Å². The van der Waals surface area contributed by atoms with Gasteiger partial charge in [-0.1, -0.05) is 36.4 Å². The Balaban J connectivity index is 1.47. The topological polar surface area (TPSA) is 74.7 Å². The molecule has 6 nitrogen and oxygen atoms in total. The zero-order chi connectivity index (χ0) is 20.9. The van der Waals surface area contributed by atoms with E-state index < -0.39 is 5.97 Å². The second kappa shape index (κ2) is 8.86. The van der Waals surface area contributed by atoms with Gasteiger partial charge < -0.3 is 20.1 Å². The van der Waals surface area contributed by atoms with Gasteiger partial charge in [0.25, 0.3) is 0 Å². The van der Waals surface area contributed by atoms with E-state index in [1.54, 1.807) is 6.20 Å². The van der Waals surface area contributed by atoms with Crippen molar-refractivity contribution in [3.8, 4) is 5.75 Å². The molecule has 0 radical (unpaired) electrons. The maximum absolute atomic E-state index is 11.4. The van der Waals surface area contributed by atoms with Crippen molar-refractivity contribution >= 4 is 17.3 Å². The van der Waals surface area contributed by atoms with E-state index in [-0.39, 0.29) is 11.5 Å². The van der Waals surface area contributed by atoms with Crippen LogP contribution in [0, 0.1) is 0 Å². The number of fused-ring (bicyclic) bond motifs is 1. The van der Waals surface area contributed by atoms with Gasteiger partial charge >= 0.3 is 5.97 Å². The normalized spacial score (nSPS) is 15.0. The number of nitrogens with zero attached hydrogens (tertiary/aromatic N) is 2. The minimum absolute atomic E-state index is 0.232. The average Bonchev–Trinajstić information content (AvgIpc) is 2.78. The molecule has 2 heterocycles. The van der Waals surface area contributed by atoms with Crippen molar-refractivity contribution in [2.24, 2.45) is 0 Å². The van der Waals surface area contributed by atoms with Gasteiger partial charge in [0.2, 0.25) is 0 Å². The first kappa shape index (κ1) is 19.8. The van der Waals surface area contributed by atoms with Crippen LogP contribution in [0.15, 0.2) is 67.0 Å². The molecular formula is C24H25N3O3. The molecule has 0 spiro atoms. The molecule has 1 aliphatic rings. The van der Waals surface area contributed by atoms with E-state index in [2.05, 4.69) is 64.7 Å². The van der Waals surface area contributed by atoms with Gasteiger partial charge in [-0.15, -0.1) is 0 Å². The van der Waals surface area contributed by atoms with Gasteiger partial charge in [0.1, 0.15) is 5.75 Å². The average molecular weight is 403 g/mol. The Morgan fingerprint density at radius 2 is 2.07 bits per heavy atom. The Morgan fingerprint density at radius 3 is 2.87 bits per heavy atom. The molecule has 3 aromatic rings. The van der Waals surface area contributed by atoms with Gasteiger partial charge in [0, 0.05) is 44.0 Å². The lowest BCUT2D eigenvalue weighted by atomic mass is 9.92. The highest BCUT2D eigenvalue weighted by Crippen LogP contribution is 2.36. The molecule has 0 saturated carbocycles. The number of hydrogen-bond donors (Lipinski definition) is 2. The number of carboxylic acids is 1. The number of carbonyl (C=O) groups is 1. The number of aromatic carboxylic acids is 1. The molecule has 0 aliphatic carbocycles. The van der Waals surface area contributed by atoms with Crippen LogP contribution < -0.4 is 15.0 Å². The lowest BCUT2D eigenvalue weighted by molar-refractivity contribution is 0.0697. The van der Waals surface area contributed by atoms with Crippen molar-refractivity contribution in [3.63, 3.8) is 0 Å². The first-order chi connectivity index (χ1) is 14.6. The summed E-state index contributed by atoms with van der Waals surface area (Å²) < 4.78 is 5.95. The minimum Gasteiger partial charge on any atom is -0.493 e. The molecule has 1 aliphatic heterocycles. The van der Waals surface area contributed by atoms with Crippen LogP contribution in [0.1, 0.15) is 33.8 Å². The maximum atomic E-state index is 11.4. The molecule has 0 saturated heterocycles. The number of pyridine rings is 1. The summed E-state index contributed by atoms with van der Waals surface area (Å²) in [6.07, 6.45) is 3.93. The minimum atomic E-state index is -0.960.